The third-order valence-electron chi connectivity index (χ3n) is 6.42. The van der Waals surface area contributed by atoms with Gasteiger partial charge in [-0.3, -0.25) is 9.59 Å². The molecule has 2 heterocycles. The van der Waals surface area contributed by atoms with E-state index in [0.29, 0.717) is 30.0 Å². The Balaban J connectivity index is 1.45. The van der Waals surface area contributed by atoms with Crippen LogP contribution in [-0.4, -0.2) is 46.2 Å². The van der Waals surface area contributed by atoms with Crippen molar-refractivity contribution in [1.29, 1.82) is 0 Å². The number of hydrogen-bond acceptors (Lipinski definition) is 4. The molecule has 1 aromatic heterocycles. The summed E-state index contributed by atoms with van der Waals surface area (Å²) in [5, 5.41) is 9.41. The third kappa shape index (κ3) is 4.25. The molecule has 2 amide bonds. The summed E-state index contributed by atoms with van der Waals surface area (Å²) < 4.78 is 2.27. The zero-order valence-corrected chi connectivity index (χ0v) is 19.9. The van der Waals surface area contributed by atoms with E-state index in [1.54, 1.807) is 17.0 Å². The fourth-order valence-electron chi connectivity index (χ4n) is 4.82. The highest BCUT2D eigenvalue weighted by Crippen LogP contribution is 2.31. The Labute approximate surface area is 204 Å². The zero-order chi connectivity index (χ0) is 24.4. The summed E-state index contributed by atoms with van der Waals surface area (Å²) in [4.78, 5) is 33.5. The summed E-state index contributed by atoms with van der Waals surface area (Å²) >= 11 is 0. The SMILES string of the molecule is CCO/N=C1\C[C@@H](C(=O)Nc2ccc3c(c2)c2ccccc2n3CC)N(C(=O)c2ccccc2)C1. The van der Waals surface area contributed by atoms with Gasteiger partial charge in [0.2, 0.25) is 5.91 Å². The first kappa shape index (κ1) is 22.7. The maximum absolute atomic E-state index is 13.4. The molecule has 0 aliphatic carbocycles. The molecule has 0 spiro atoms. The topological polar surface area (TPSA) is 75.9 Å². The van der Waals surface area contributed by atoms with Crippen LogP contribution in [0.2, 0.25) is 0 Å². The van der Waals surface area contributed by atoms with Crippen molar-refractivity contribution in [2.45, 2.75) is 32.9 Å². The van der Waals surface area contributed by atoms with Crippen molar-refractivity contribution in [2.75, 3.05) is 18.5 Å². The van der Waals surface area contributed by atoms with Gasteiger partial charge in [0.25, 0.3) is 5.91 Å². The molecular weight excluding hydrogens is 440 g/mol. The van der Waals surface area contributed by atoms with Crippen LogP contribution in [0.4, 0.5) is 5.69 Å². The van der Waals surface area contributed by atoms with Crippen molar-refractivity contribution in [3.05, 3.63) is 78.4 Å². The number of hydrogen-bond donors (Lipinski definition) is 1. The number of carbonyl (C=O) groups is 2. The molecule has 4 aromatic rings. The quantitative estimate of drug-likeness (QED) is 0.402. The molecule has 1 fully saturated rings. The van der Waals surface area contributed by atoms with Crippen molar-refractivity contribution in [3.8, 4) is 0 Å². The van der Waals surface area contributed by atoms with Gasteiger partial charge in [-0.25, -0.2) is 0 Å². The average Bonchev–Trinajstić information content (AvgIpc) is 3.46. The van der Waals surface area contributed by atoms with Gasteiger partial charge in [0, 0.05) is 46.0 Å². The van der Waals surface area contributed by atoms with E-state index < -0.39 is 6.04 Å². The monoisotopic (exact) mass is 468 g/mol. The number of amides is 2. The van der Waals surface area contributed by atoms with E-state index in [4.69, 9.17) is 4.84 Å². The first-order valence-electron chi connectivity index (χ1n) is 12.0. The molecule has 3 aromatic carbocycles. The highest BCUT2D eigenvalue weighted by molar-refractivity contribution is 6.11. The Morgan fingerprint density at radius 2 is 1.71 bits per heavy atom. The van der Waals surface area contributed by atoms with Gasteiger partial charge in [0.15, 0.2) is 0 Å². The van der Waals surface area contributed by atoms with Crippen LogP contribution in [0.1, 0.15) is 30.6 Å². The van der Waals surface area contributed by atoms with E-state index in [9.17, 15) is 9.59 Å². The highest BCUT2D eigenvalue weighted by atomic mass is 16.6. The molecule has 35 heavy (non-hydrogen) atoms. The van der Waals surface area contributed by atoms with Crippen LogP contribution in [0.3, 0.4) is 0 Å². The van der Waals surface area contributed by atoms with Gasteiger partial charge in [-0.05, 0) is 50.2 Å². The van der Waals surface area contributed by atoms with Crippen LogP contribution >= 0.6 is 0 Å². The number of para-hydroxylation sites is 1. The zero-order valence-electron chi connectivity index (χ0n) is 19.9. The van der Waals surface area contributed by atoms with Gasteiger partial charge < -0.3 is 19.6 Å². The summed E-state index contributed by atoms with van der Waals surface area (Å²) in [6.45, 7) is 5.52. The number of likely N-dealkylation sites (tertiary alicyclic amines) is 1. The van der Waals surface area contributed by atoms with E-state index in [-0.39, 0.29) is 18.4 Å². The second kappa shape index (κ2) is 9.62. The standard InChI is InChI=1S/C28H28N4O3/c1-3-31-24-13-9-8-12-22(24)23-16-20(14-15-25(23)31)29-27(33)26-17-21(30-35-4-2)18-32(26)28(34)19-10-6-5-7-11-19/h5-16,26H,3-4,17-18H2,1-2H3,(H,29,33)/b30-21+/t26-/m0/s1. The predicted molar refractivity (Wildman–Crippen MR) is 139 cm³/mol. The molecule has 0 unspecified atom stereocenters. The Morgan fingerprint density at radius 3 is 2.49 bits per heavy atom. The molecule has 0 saturated carbocycles. The van der Waals surface area contributed by atoms with Gasteiger partial charge in [0.1, 0.15) is 12.6 Å². The van der Waals surface area contributed by atoms with Crippen LogP contribution in [0.15, 0.2) is 78.0 Å². The summed E-state index contributed by atoms with van der Waals surface area (Å²) in [5.74, 6) is -0.441. The Bertz CT molecular complexity index is 1420. The normalized spacial score (nSPS) is 16.8. The van der Waals surface area contributed by atoms with E-state index in [2.05, 4.69) is 34.1 Å². The molecule has 178 valence electrons. The van der Waals surface area contributed by atoms with E-state index >= 15 is 0 Å². The number of nitrogens with zero attached hydrogens (tertiary/aromatic N) is 3. The molecule has 1 atom stereocenters. The number of nitrogens with one attached hydrogen (secondary N) is 1. The third-order valence-corrected chi connectivity index (χ3v) is 6.42. The first-order valence-corrected chi connectivity index (χ1v) is 12.0. The number of oxime groups is 1. The maximum atomic E-state index is 13.4. The average molecular weight is 469 g/mol. The molecule has 1 aliphatic heterocycles. The fourth-order valence-corrected chi connectivity index (χ4v) is 4.82. The smallest absolute Gasteiger partial charge is 0.254 e. The lowest BCUT2D eigenvalue weighted by Gasteiger charge is -2.23. The summed E-state index contributed by atoms with van der Waals surface area (Å²) in [6.07, 6.45) is 0.335. The fraction of sp³-hybridized carbons (Fsp3) is 0.250. The Kier molecular flexibility index (Phi) is 6.23. The molecular formula is C28H28N4O3. The van der Waals surface area contributed by atoms with Gasteiger partial charge in [-0.1, -0.05) is 41.6 Å². The van der Waals surface area contributed by atoms with Crippen molar-refractivity contribution in [2.24, 2.45) is 5.16 Å². The van der Waals surface area contributed by atoms with Crippen molar-refractivity contribution in [3.63, 3.8) is 0 Å². The van der Waals surface area contributed by atoms with Crippen LogP contribution in [0.25, 0.3) is 21.8 Å². The van der Waals surface area contributed by atoms with Crippen LogP contribution < -0.4 is 5.32 Å². The number of aromatic nitrogens is 1. The minimum absolute atomic E-state index is 0.200. The van der Waals surface area contributed by atoms with Crippen molar-refractivity contribution >= 4 is 45.0 Å². The van der Waals surface area contributed by atoms with E-state index in [1.807, 2.05) is 55.5 Å². The van der Waals surface area contributed by atoms with Crippen LogP contribution in [-0.2, 0) is 16.2 Å². The van der Waals surface area contributed by atoms with Gasteiger partial charge in [0.05, 0.1) is 12.3 Å². The number of carbonyl (C=O) groups excluding carboxylic acids is 2. The second-order valence-corrected chi connectivity index (χ2v) is 8.58. The largest absolute Gasteiger partial charge is 0.396 e. The first-order chi connectivity index (χ1) is 17.1. The number of rotatable bonds is 6. The maximum Gasteiger partial charge on any atom is 0.254 e. The lowest BCUT2D eigenvalue weighted by molar-refractivity contribution is -0.119. The van der Waals surface area contributed by atoms with Gasteiger partial charge in [-0.15, -0.1) is 0 Å². The second-order valence-electron chi connectivity index (χ2n) is 8.58. The lowest BCUT2D eigenvalue weighted by Crippen LogP contribution is -2.43. The van der Waals surface area contributed by atoms with Gasteiger partial charge >= 0.3 is 0 Å². The molecule has 1 N–H and O–H groups in total. The minimum atomic E-state index is -0.672. The molecule has 1 aliphatic rings. The minimum Gasteiger partial charge on any atom is -0.396 e. The number of anilines is 1. The number of aryl methyl sites for hydroxylation is 1. The summed E-state index contributed by atoms with van der Waals surface area (Å²) in [6, 6.07) is 22.6. The number of benzene rings is 3. The summed E-state index contributed by atoms with van der Waals surface area (Å²) in [5.41, 5.74) is 4.21. The van der Waals surface area contributed by atoms with Crippen molar-refractivity contribution in [1.82, 2.24) is 9.47 Å². The molecule has 5 rings (SSSR count). The molecule has 7 heteroatoms. The molecule has 0 radical (unpaired) electrons. The van der Waals surface area contributed by atoms with Crippen LogP contribution in [0, 0.1) is 0 Å². The van der Waals surface area contributed by atoms with Crippen LogP contribution in [0.5, 0.6) is 0 Å². The van der Waals surface area contributed by atoms with Crippen molar-refractivity contribution < 1.29 is 14.4 Å². The molecule has 0 bridgehead atoms. The van der Waals surface area contributed by atoms with E-state index in [1.165, 1.54) is 5.52 Å². The molecule has 7 nitrogen and oxygen atoms in total. The number of fused-ring (bicyclic) bond motifs is 3. The van der Waals surface area contributed by atoms with E-state index in [0.717, 1.165) is 22.8 Å². The predicted octanol–water partition coefficient (Wildman–Crippen LogP) is 5.06. The lowest BCUT2D eigenvalue weighted by atomic mass is 10.1. The summed E-state index contributed by atoms with van der Waals surface area (Å²) in [7, 11) is 0. The molecule has 1 saturated heterocycles. The van der Waals surface area contributed by atoms with Gasteiger partial charge in [-0.2, -0.15) is 0 Å². The Morgan fingerprint density at radius 1 is 0.971 bits per heavy atom. The highest BCUT2D eigenvalue weighted by Gasteiger charge is 2.38. The Hall–Kier alpha value is -4.13.